The Bertz CT molecular complexity index is 1340. The average molecular weight is 600 g/mol. The smallest absolute Gasteiger partial charge is 0.444 e. The van der Waals surface area contributed by atoms with Gasteiger partial charge >= 0.3 is 11.7 Å². The number of hydrogen-bond donors (Lipinski definition) is 1. The predicted octanol–water partition coefficient (Wildman–Crippen LogP) is 6.57. The Hall–Kier alpha value is -2.92. The minimum atomic E-state index is -3.82. The number of carbonyl (C=O) groups is 2. The third kappa shape index (κ3) is 6.51. The lowest BCUT2D eigenvalue weighted by Crippen LogP contribution is -2.39. The molecule has 2 aromatic carbocycles. The molecule has 0 bridgehead atoms. The standard InChI is InChI=1S/C25H26BrClF2N4O4/c1-14-13-32(23(35)37-24(2,3)4)10-9-20-31-19-12-15(11-18(26)21(19)33(14)20)22(34)30-16-5-7-17(8-6-16)36-25(27,28)29/h5-8,11-12,14H,9-10,13H2,1-4H3,(H,30,34)/t14-/m1/s1. The highest BCUT2D eigenvalue weighted by Gasteiger charge is 2.30. The summed E-state index contributed by atoms with van der Waals surface area (Å²) in [5, 5.41) is 2.73. The van der Waals surface area contributed by atoms with E-state index >= 15 is 0 Å². The molecule has 1 N–H and O–H groups in total. The first-order valence-corrected chi connectivity index (χ1v) is 12.7. The number of rotatable bonds is 4. The number of anilines is 1. The molecule has 0 spiro atoms. The molecule has 1 atom stereocenters. The number of nitrogens with zero attached hydrogens (tertiary/aromatic N) is 3. The summed E-state index contributed by atoms with van der Waals surface area (Å²) in [6.07, 6.45) is 0.172. The minimum absolute atomic E-state index is 0.0768. The van der Waals surface area contributed by atoms with Crippen molar-refractivity contribution in [3.8, 4) is 5.75 Å². The Morgan fingerprint density at radius 1 is 1.19 bits per heavy atom. The second kappa shape index (κ2) is 10.1. The first kappa shape index (κ1) is 27.1. The van der Waals surface area contributed by atoms with Gasteiger partial charge in [0, 0.05) is 46.8 Å². The van der Waals surface area contributed by atoms with Gasteiger partial charge in [-0.3, -0.25) is 4.79 Å². The van der Waals surface area contributed by atoms with Gasteiger partial charge in [-0.25, -0.2) is 9.78 Å². The Kier molecular flexibility index (Phi) is 7.40. The zero-order chi connectivity index (χ0) is 27.1. The van der Waals surface area contributed by atoms with Crippen molar-refractivity contribution in [3.63, 3.8) is 0 Å². The number of nitrogens with one attached hydrogen (secondary N) is 1. The van der Waals surface area contributed by atoms with Gasteiger partial charge < -0.3 is 24.3 Å². The second-order valence-corrected chi connectivity index (χ2v) is 11.1. The molecule has 198 valence electrons. The van der Waals surface area contributed by atoms with Crippen LogP contribution in [0, 0.1) is 0 Å². The van der Waals surface area contributed by atoms with Crippen LogP contribution in [-0.2, 0) is 11.2 Å². The van der Waals surface area contributed by atoms with Gasteiger partial charge in [-0.2, -0.15) is 0 Å². The number of fused-ring (bicyclic) bond motifs is 3. The number of halogens is 4. The molecule has 1 aromatic heterocycles. The molecule has 12 heteroatoms. The molecule has 1 aliphatic rings. The Morgan fingerprint density at radius 2 is 1.86 bits per heavy atom. The molecule has 0 fully saturated rings. The van der Waals surface area contributed by atoms with Gasteiger partial charge in [0.25, 0.3) is 5.91 Å². The van der Waals surface area contributed by atoms with E-state index in [9.17, 15) is 18.4 Å². The summed E-state index contributed by atoms with van der Waals surface area (Å²) in [6.45, 7) is 8.43. The number of hydrogen-bond acceptors (Lipinski definition) is 5. The number of imidazole rings is 1. The fourth-order valence-corrected chi connectivity index (χ4v) is 4.90. The second-order valence-electron chi connectivity index (χ2n) is 9.78. The quantitative estimate of drug-likeness (QED) is 0.343. The molecule has 2 heterocycles. The van der Waals surface area contributed by atoms with Crippen LogP contribution in [0.1, 0.15) is 49.9 Å². The van der Waals surface area contributed by atoms with Crippen molar-refractivity contribution in [2.75, 3.05) is 18.4 Å². The van der Waals surface area contributed by atoms with Crippen LogP contribution >= 0.6 is 27.5 Å². The maximum absolute atomic E-state index is 12.9. The normalized spacial score (nSPS) is 16.2. The van der Waals surface area contributed by atoms with Gasteiger partial charge in [0.05, 0.1) is 17.1 Å². The molecule has 3 aromatic rings. The van der Waals surface area contributed by atoms with E-state index in [0.29, 0.717) is 40.8 Å². The van der Waals surface area contributed by atoms with Crippen LogP contribution in [0.4, 0.5) is 19.3 Å². The van der Waals surface area contributed by atoms with E-state index in [-0.39, 0.29) is 17.9 Å². The van der Waals surface area contributed by atoms with Gasteiger partial charge in [0.2, 0.25) is 0 Å². The third-order valence-electron chi connectivity index (χ3n) is 5.60. The van der Waals surface area contributed by atoms with Crippen LogP contribution in [0.15, 0.2) is 40.9 Å². The molecular formula is C25H26BrClF2N4O4. The van der Waals surface area contributed by atoms with Crippen molar-refractivity contribution in [1.82, 2.24) is 14.5 Å². The topological polar surface area (TPSA) is 85.7 Å². The molecular weight excluding hydrogens is 574 g/mol. The highest BCUT2D eigenvalue weighted by molar-refractivity contribution is 9.10. The molecule has 0 saturated carbocycles. The lowest BCUT2D eigenvalue weighted by molar-refractivity contribution is -0.0964. The average Bonchev–Trinajstić information content (AvgIpc) is 3.06. The van der Waals surface area contributed by atoms with Crippen LogP contribution < -0.4 is 10.1 Å². The summed E-state index contributed by atoms with van der Waals surface area (Å²) in [6, 6.07) is 8.73. The molecule has 4 rings (SSSR count). The van der Waals surface area contributed by atoms with E-state index < -0.39 is 17.1 Å². The number of amides is 2. The highest BCUT2D eigenvalue weighted by atomic mass is 79.9. The van der Waals surface area contributed by atoms with Crippen molar-refractivity contribution in [3.05, 3.63) is 52.3 Å². The van der Waals surface area contributed by atoms with Gasteiger partial charge in [-0.05, 0) is 80.0 Å². The Labute approximate surface area is 226 Å². The van der Waals surface area contributed by atoms with Crippen molar-refractivity contribution in [2.45, 2.75) is 51.3 Å². The van der Waals surface area contributed by atoms with Crippen molar-refractivity contribution >= 4 is 56.3 Å². The van der Waals surface area contributed by atoms with Crippen LogP contribution in [0.3, 0.4) is 0 Å². The zero-order valence-electron chi connectivity index (χ0n) is 20.6. The van der Waals surface area contributed by atoms with Crippen molar-refractivity contribution in [2.24, 2.45) is 0 Å². The molecule has 0 saturated heterocycles. The lowest BCUT2D eigenvalue weighted by Gasteiger charge is -2.27. The maximum Gasteiger partial charge on any atom is 0.487 e. The first-order valence-electron chi connectivity index (χ1n) is 11.6. The molecule has 1 aliphatic heterocycles. The minimum Gasteiger partial charge on any atom is -0.444 e. The largest absolute Gasteiger partial charge is 0.487 e. The predicted molar refractivity (Wildman–Crippen MR) is 139 cm³/mol. The maximum atomic E-state index is 12.9. The van der Waals surface area contributed by atoms with Crippen LogP contribution in [0.25, 0.3) is 11.0 Å². The van der Waals surface area contributed by atoms with Crippen LogP contribution in [-0.4, -0.2) is 50.7 Å². The van der Waals surface area contributed by atoms with Gasteiger partial charge in [-0.1, -0.05) is 0 Å². The van der Waals surface area contributed by atoms with Crippen molar-refractivity contribution in [1.29, 1.82) is 0 Å². The SMILES string of the molecule is C[C@@H]1CN(C(=O)OC(C)(C)C)CCc2nc3cc(C(=O)Nc4ccc(OC(F)(F)Cl)cc4)cc(Br)c3n21. The fraction of sp³-hybridized carbons (Fsp3) is 0.400. The van der Waals surface area contributed by atoms with E-state index in [4.69, 9.17) is 21.3 Å². The van der Waals surface area contributed by atoms with Gasteiger partial charge in [0.1, 0.15) is 17.2 Å². The summed E-state index contributed by atoms with van der Waals surface area (Å²) in [5.74, 6) is 0.269. The van der Waals surface area contributed by atoms with Gasteiger partial charge in [0.15, 0.2) is 0 Å². The molecule has 0 radical (unpaired) electrons. The summed E-state index contributed by atoms with van der Waals surface area (Å²) in [5.41, 5.74) is -2.18. The van der Waals surface area contributed by atoms with Crippen LogP contribution in [0.2, 0.25) is 0 Å². The number of benzene rings is 2. The van der Waals surface area contributed by atoms with Crippen molar-refractivity contribution < 1.29 is 27.8 Å². The number of ether oxygens (including phenoxy) is 2. The van der Waals surface area contributed by atoms with E-state index in [2.05, 4.69) is 30.6 Å². The number of aromatic nitrogens is 2. The Morgan fingerprint density at radius 3 is 2.49 bits per heavy atom. The number of carbonyl (C=O) groups excluding carboxylic acids is 2. The summed E-state index contributed by atoms with van der Waals surface area (Å²) >= 11 is 8.36. The molecule has 0 aliphatic carbocycles. The van der Waals surface area contributed by atoms with Crippen LogP contribution in [0.5, 0.6) is 5.75 Å². The zero-order valence-corrected chi connectivity index (χ0v) is 23.0. The fourth-order valence-electron chi connectivity index (χ4n) is 4.17. The monoisotopic (exact) mass is 598 g/mol. The van der Waals surface area contributed by atoms with E-state index in [1.807, 2.05) is 27.7 Å². The molecule has 2 amide bonds. The highest BCUT2D eigenvalue weighted by Crippen LogP contribution is 2.32. The van der Waals surface area contributed by atoms with Gasteiger partial charge in [-0.15, -0.1) is 8.78 Å². The third-order valence-corrected chi connectivity index (χ3v) is 6.28. The molecule has 8 nitrogen and oxygen atoms in total. The summed E-state index contributed by atoms with van der Waals surface area (Å²) in [4.78, 5) is 32.0. The molecule has 0 unspecified atom stereocenters. The molecule has 37 heavy (non-hydrogen) atoms. The first-order chi connectivity index (χ1) is 17.2. The van der Waals surface area contributed by atoms with E-state index in [0.717, 1.165) is 11.3 Å². The Balaban J connectivity index is 1.53. The lowest BCUT2D eigenvalue weighted by atomic mass is 10.1. The summed E-state index contributed by atoms with van der Waals surface area (Å²) in [7, 11) is 0. The van der Waals surface area contributed by atoms with E-state index in [1.165, 1.54) is 24.3 Å². The summed E-state index contributed by atoms with van der Waals surface area (Å²) < 4.78 is 38.2. The number of alkyl halides is 3. The van der Waals surface area contributed by atoms with E-state index in [1.54, 1.807) is 17.0 Å².